The number of benzene rings is 2. The molecule has 3 rings (SSSR count). The van der Waals surface area contributed by atoms with Crippen LogP contribution in [0.15, 0.2) is 47.6 Å². The molecule has 0 spiro atoms. The Kier molecular flexibility index (Phi) is 4.93. The van der Waals surface area contributed by atoms with Crippen LogP contribution < -0.4 is 0 Å². The molecule has 28 heavy (non-hydrogen) atoms. The minimum Gasteiger partial charge on any atom is -0.507 e. The number of carbonyl (C=O) groups excluding carboxylic acids is 1. The number of aromatic hydroxyl groups is 1. The standard InChI is InChI=1S/C20H19F3N2O3/c1-3-13-7-9-14(10-8-13)16-11-19(28,20(21,22)23)25(24-16)18(27)15-6-4-5-12(2)17(15)26/h4-10,26,28H,3,11H2,1-2H3/t19-/m1/s1. The molecule has 1 aliphatic heterocycles. The summed E-state index contributed by atoms with van der Waals surface area (Å²) in [6.07, 6.45) is -5.28. The van der Waals surface area contributed by atoms with Gasteiger partial charge in [-0.3, -0.25) is 4.79 Å². The second kappa shape index (κ2) is 6.94. The van der Waals surface area contributed by atoms with Crippen LogP contribution in [-0.4, -0.2) is 38.7 Å². The quantitative estimate of drug-likeness (QED) is 0.835. The molecule has 0 aliphatic carbocycles. The zero-order valence-electron chi connectivity index (χ0n) is 15.3. The Morgan fingerprint density at radius 2 is 1.86 bits per heavy atom. The van der Waals surface area contributed by atoms with E-state index in [1.165, 1.54) is 25.1 Å². The second-order valence-corrected chi connectivity index (χ2v) is 6.68. The van der Waals surface area contributed by atoms with E-state index in [2.05, 4.69) is 5.10 Å². The lowest BCUT2D eigenvalue weighted by atomic mass is 9.99. The summed E-state index contributed by atoms with van der Waals surface area (Å²) in [5.74, 6) is -1.69. The van der Waals surface area contributed by atoms with Gasteiger partial charge in [0.1, 0.15) is 5.75 Å². The maximum Gasteiger partial charge on any atom is 0.438 e. The number of hydrogen-bond acceptors (Lipinski definition) is 4. The van der Waals surface area contributed by atoms with Crippen LogP contribution in [0.3, 0.4) is 0 Å². The largest absolute Gasteiger partial charge is 0.507 e. The first kappa shape index (κ1) is 19.9. The van der Waals surface area contributed by atoms with Gasteiger partial charge in [-0.1, -0.05) is 43.3 Å². The summed E-state index contributed by atoms with van der Waals surface area (Å²) < 4.78 is 41.0. The van der Waals surface area contributed by atoms with Crippen molar-refractivity contribution in [1.82, 2.24) is 5.01 Å². The fraction of sp³-hybridized carbons (Fsp3) is 0.300. The number of hydrazone groups is 1. The highest BCUT2D eigenvalue weighted by Gasteiger charge is 2.63. The topological polar surface area (TPSA) is 73.1 Å². The third-order valence-electron chi connectivity index (χ3n) is 4.79. The average molecular weight is 392 g/mol. The van der Waals surface area contributed by atoms with Crippen LogP contribution >= 0.6 is 0 Å². The Morgan fingerprint density at radius 3 is 2.43 bits per heavy atom. The summed E-state index contributed by atoms with van der Waals surface area (Å²) in [6, 6.07) is 10.8. The SMILES string of the molecule is CCc1ccc(C2=NN(C(=O)c3cccc(C)c3O)[C@](O)(C(F)(F)F)C2)cc1. The fourth-order valence-corrected chi connectivity index (χ4v) is 3.02. The number of aryl methyl sites for hydroxylation is 2. The molecule has 1 amide bonds. The van der Waals surface area contributed by atoms with E-state index >= 15 is 0 Å². The van der Waals surface area contributed by atoms with Crippen LogP contribution in [0.2, 0.25) is 0 Å². The number of hydrogen-bond donors (Lipinski definition) is 2. The molecule has 0 saturated heterocycles. The Balaban J connectivity index is 2.07. The first-order valence-corrected chi connectivity index (χ1v) is 8.67. The van der Waals surface area contributed by atoms with E-state index < -0.39 is 30.0 Å². The smallest absolute Gasteiger partial charge is 0.438 e. The number of alkyl halides is 3. The third kappa shape index (κ3) is 3.24. The van der Waals surface area contributed by atoms with Crippen molar-refractivity contribution in [1.29, 1.82) is 0 Å². The Morgan fingerprint density at radius 1 is 1.21 bits per heavy atom. The summed E-state index contributed by atoms with van der Waals surface area (Å²) in [5.41, 5.74) is -2.24. The van der Waals surface area contributed by atoms with Gasteiger partial charge in [0.15, 0.2) is 0 Å². The van der Waals surface area contributed by atoms with E-state index in [0.29, 0.717) is 11.1 Å². The van der Waals surface area contributed by atoms with Gasteiger partial charge in [0.05, 0.1) is 17.7 Å². The number of rotatable bonds is 3. The van der Waals surface area contributed by atoms with Crippen LogP contribution in [0, 0.1) is 6.92 Å². The molecule has 8 heteroatoms. The summed E-state index contributed by atoms with van der Waals surface area (Å²) in [5, 5.41) is 24.3. The Bertz CT molecular complexity index is 939. The summed E-state index contributed by atoms with van der Waals surface area (Å²) in [4.78, 5) is 12.8. The lowest BCUT2D eigenvalue weighted by Crippen LogP contribution is -2.56. The van der Waals surface area contributed by atoms with Gasteiger partial charge < -0.3 is 10.2 Å². The van der Waals surface area contributed by atoms with E-state index in [-0.39, 0.29) is 16.3 Å². The van der Waals surface area contributed by atoms with Crippen molar-refractivity contribution in [2.75, 3.05) is 0 Å². The highest BCUT2D eigenvalue weighted by atomic mass is 19.4. The van der Waals surface area contributed by atoms with E-state index in [9.17, 15) is 28.2 Å². The molecule has 0 saturated carbocycles. The van der Waals surface area contributed by atoms with Crippen molar-refractivity contribution in [3.8, 4) is 5.75 Å². The summed E-state index contributed by atoms with van der Waals surface area (Å²) in [7, 11) is 0. The summed E-state index contributed by atoms with van der Waals surface area (Å²) in [6.45, 7) is 3.45. The molecule has 0 bridgehead atoms. The number of halogens is 3. The molecule has 0 fully saturated rings. The van der Waals surface area contributed by atoms with Gasteiger partial charge in [-0.25, -0.2) is 0 Å². The molecular formula is C20H19F3N2O3. The van der Waals surface area contributed by atoms with Crippen LogP contribution in [-0.2, 0) is 6.42 Å². The number of para-hydroxylation sites is 1. The highest BCUT2D eigenvalue weighted by Crippen LogP contribution is 2.42. The van der Waals surface area contributed by atoms with Gasteiger partial charge in [-0.05, 0) is 36.1 Å². The molecule has 148 valence electrons. The number of carbonyl (C=O) groups is 1. The second-order valence-electron chi connectivity index (χ2n) is 6.68. The number of nitrogens with zero attached hydrogens (tertiary/aromatic N) is 2. The van der Waals surface area contributed by atoms with E-state index in [0.717, 1.165) is 12.0 Å². The van der Waals surface area contributed by atoms with E-state index in [4.69, 9.17) is 0 Å². The van der Waals surface area contributed by atoms with Crippen LogP contribution in [0.4, 0.5) is 13.2 Å². The van der Waals surface area contributed by atoms with Crippen LogP contribution in [0.5, 0.6) is 5.75 Å². The molecule has 0 unspecified atom stereocenters. The van der Waals surface area contributed by atoms with Crippen LogP contribution in [0.1, 0.15) is 40.4 Å². The molecule has 0 radical (unpaired) electrons. The highest BCUT2D eigenvalue weighted by molar-refractivity contribution is 6.06. The molecule has 0 aromatic heterocycles. The Hall–Kier alpha value is -2.87. The van der Waals surface area contributed by atoms with Gasteiger partial charge in [0.2, 0.25) is 0 Å². The maximum absolute atomic E-state index is 13.7. The van der Waals surface area contributed by atoms with Gasteiger partial charge in [-0.2, -0.15) is 23.3 Å². The van der Waals surface area contributed by atoms with Crippen molar-refractivity contribution in [3.05, 3.63) is 64.7 Å². The van der Waals surface area contributed by atoms with E-state index in [1.54, 1.807) is 24.3 Å². The molecule has 2 aromatic carbocycles. The van der Waals surface area contributed by atoms with Gasteiger partial charge in [0, 0.05) is 0 Å². The number of aliphatic hydroxyl groups is 1. The summed E-state index contributed by atoms with van der Waals surface area (Å²) >= 11 is 0. The predicted octanol–water partition coefficient (Wildman–Crippen LogP) is 3.76. The third-order valence-corrected chi connectivity index (χ3v) is 4.79. The van der Waals surface area contributed by atoms with Crippen LogP contribution in [0.25, 0.3) is 0 Å². The molecule has 2 N–H and O–H groups in total. The molecule has 1 heterocycles. The van der Waals surface area contributed by atoms with E-state index in [1.807, 2.05) is 6.92 Å². The monoisotopic (exact) mass is 392 g/mol. The molecule has 5 nitrogen and oxygen atoms in total. The zero-order chi connectivity index (χ0) is 20.7. The average Bonchev–Trinajstić information content (AvgIpc) is 3.02. The molecule has 2 aromatic rings. The molecule has 1 aliphatic rings. The first-order valence-electron chi connectivity index (χ1n) is 8.67. The van der Waals surface area contributed by atoms with Crippen molar-refractivity contribution in [3.63, 3.8) is 0 Å². The lowest BCUT2D eigenvalue weighted by Gasteiger charge is -2.32. The molecular weight excluding hydrogens is 373 g/mol. The number of amides is 1. The van der Waals surface area contributed by atoms with Crippen molar-refractivity contribution in [2.24, 2.45) is 5.10 Å². The predicted molar refractivity (Wildman–Crippen MR) is 97.0 cm³/mol. The number of phenolic OH excluding ortho intramolecular Hbond substituents is 1. The fourth-order valence-electron chi connectivity index (χ4n) is 3.02. The zero-order valence-corrected chi connectivity index (χ0v) is 15.3. The Labute approximate surface area is 159 Å². The van der Waals surface area contributed by atoms with Gasteiger partial charge >= 0.3 is 6.18 Å². The minimum absolute atomic E-state index is 0.0184. The first-order chi connectivity index (χ1) is 13.1. The van der Waals surface area contributed by atoms with Crippen molar-refractivity contribution >= 4 is 11.6 Å². The van der Waals surface area contributed by atoms with Crippen molar-refractivity contribution < 1.29 is 28.2 Å². The van der Waals surface area contributed by atoms with Crippen molar-refractivity contribution in [2.45, 2.75) is 38.6 Å². The minimum atomic E-state index is -5.14. The van der Waals surface area contributed by atoms with Gasteiger partial charge in [-0.15, -0.1) is 0 Å². The van der Waals surface area contributed by atoms with Gasteiger partial charge in [0.25, 0.3) is 11.6 Å². The lowest BCUT2D eigenvalue weighted by molar-refractivity contribution is -0.297. The normalized spacial score (nSPS) is 19.6. The maximum atomic E-state index is 13.7. The number of phenols is 1. The molecule has 1 atom stereocenters.